The fourth-order valence-electron chi connectivity index (χ4n) is 3.34. The van der Waals surface area contributed by atoms with E-state index in [0.717, 1.165) is 5.56 Å². The van der Waals surface area contributed by atoms with Crippen molar-refractivity contribution in [3.63, 3.8) is 0 Å². The topological polar surface area (TPSA) is 69.7 Å². The molecular formula is C22H24ClN3O3. The molecular weight excluding hydrogens is 390 g/mol. The van der Waals surface area contributed by atoms with Crippen molar-refractivity contribution in [1.82, 2.24) is 4.90 Å². The van der Waals surface area contributed by atoms with Crippen LogP contribution in [-0.2, 0) is 20.9 Å². The summed E-state index contributed by atoms with van der Waals surface area (Å²) in [7, 11) is 0. The van der Waals surface area contributed by atoms with Crippen LogP contribution in [0.5, 0.6) is 0 Å². The number of nitrogens with one attached hydrogen (secondary N) is 1. The van der Waals surface area contributed by atoms with Gasteiger partial charge >= 0.3 is 0 Å². The Morgan fingerprint density at radius 1 is 1.14 bits per heavy atom. The van der Waals surface area contributed by atoms with Gasteiger partial charge in [0.1, 0.15) is 6.54 Å². The first-order chi connectivity index (χ1) is 13.8. The molecule has 2 aromatic carbocycles. The van der Waals surface area contributed by atoms with Gasteiger partial charge in [0, 0.05) is 30.5 Å². The minimum atomic E-state index is -0.243. The number of fused-ring (bicyclic) bond motifs is 1. The smallest absolute Gasteiger partial charge is 0.244 e. The van der Waals surface area contributed by atoms with E-state index in [0.29, 0.717) is 22.9 Å². The molecule has 1 aliphatic heterocycles. The number of hydrogen-bond donors (Lipinski definition) is 1. The molecule has 0 saturated carbocycles. The van der Waals surface area contributed by atoms with Crippen LogP contribution in [0.2, 0.25) is 5.02 Å². The van der Waals surface area contributed by atoms with E-state index in [9.17, 15) is 14.4 Å². The molecule has 0 aromatic heterocycles. The summed E-state index contributed by atoms with van der Waals surface area (Å²) in [6.07, 6.45) is 0.122. The van der Waals surface area contributed by atoms with E-state index >= 15 is 0 Å². The molecule has 3 rings (SSSR count). The lowest BCUT2D eigenvalue weighted by molar-refractivity contribution is -0.135. The van der Waals surface area contributed by atoms with Crippen LogP contribution in [0.25, 0.3) is 0 Å². The van der Waals surface area contributed by atoms with Gasteiger partial charge in [-0.1, -0.05) is 35.9 Å². The molecule has 152 valence electrons. The summed E-state index contributed by atoms with van der Waals surface area (Å²) < 4.78 is 0. The number of nitrogens with zero attached hydrogens (tertiary/aromatic N) is 2. The number of rotatable bonds is 6. The van der Waals surface area contributed by atoms with Crippen LogP contribution >= 0.6 is 11.6 Å². The van der Waals surface area contributed by atoms with Crippen molar-refractivity contribution >= 4 is 40.7 Å². The van der Waals surface area contributed by atoms with E-state index in [4.69, 9.17) is 11.6 Å². The van der Waals surface area contributed by atoms with Crippen molar-refractivity contribution in [2.45, 2.75) is 39.3 Å². The Morgan fingerprint density at radius 2 is 1.90 bits per heavy atom. The van der Waals surface area contributed by atoms with Gasteiger partial charge in [-0.2, -0.15) is 0 Å². The van der Waals surface area contributed by atoms with Gasteiger partial charge in [0.25, 0.3) is 0 Å². The molecule has 0 aliphatic carbocycles. The lowest BCUT2D eigenvalue weighted by Gasteiger charge is -2.30. The first kappa shape index (κ1) is 20.9. The fourth-order valence-corrected chi connectivity index (χ4v) is 3.55. The molecule has 6 nitrogen and oxygen atoms in total. The molecule has 1 aliphatic rings. The number of carbonyl (C=O) groups is 3. The molecule has 29 heavy (non-hydrogen) atoms. The number of hydrogen-bond acceptors (Lipinski definition) is 3. The standard InChI is InChI=1S/C22H24ClN3O3/c1-15(2)25(13-16-6-5-7-17(23)12-16)21(28)10-11-22(29)26-14-20(27)24-18-8-3-4-9-19(18)26/h3-9,12,15H,10-11,13-14H2,1-2H3,(H,24,27). The minimum absolute atomic E-state index is 0.0157. The van der Waals surface area contributed by atoms with Crippen LogP contribution in [0.4, 0.5) is 11.4 Å². The number of amides is 3. The summed E-state index contributed by atoms with van der Waals surface area (Å²) >= 11 is 6.04. The number of benzene rings is 2. The third kappa shape index (κ3) is 5.15. The maximum absolute atomic E-state index is 12.8. The van der Waals surface area contributed by atoms with Crippen molar-refractivity contribution < 1.29 is 14.4 Å². The van der Waals surface area contributed by atoms with E-state index in [-0.39, 0.29) is 43.1 Å². The summed E-state index contributed by atoms with van der Waals surface area (Å²) in [5.41, 5.74) is 2.20. The van der Waals surface area contributed by atoms with Crippen LogP contribution < -0.4 is 10.2 Å². The molecule has 0 unspecified atom stereocenters. The quantitative estimate of drug-likeness (QED) is 0.782. The number of anilines is 2. The second-order valence-corrected chi connectivity index (χ2v) is 7.73. The first-order valence-electron chi connectivity index (χ1n) is 9.58. The van der Waals surface area contributed by atoms with Gasteiger partial charge in [-0.3, -0.25) is 14.4 Å². The van der Waals surface area contributed by atoms with Gasteiger partial charge in [0.15, 0.2) is 0 Å². The summed E-state index contributed by atoms with van der Waals surface area (Å²) in [5.74, 6) is -0.594. The van der Waals surface area contributed by atoms with E-state index in [1.165, 1.54) is 4.90 Å². The fraction of sp³-hybridized carbons (Fsp3) is 0.318. The molecule has 7 heteroatoms. The molecule has 0 saturated heterocycles. The Labute approximate surface area is 175 Å². The van der Waals surface area contributed by atoms with E-state index in [1.54, 1.807) is 29.2 Å². The van der Waals surface area contributed by atoms with Gasteiger partial charge in [0.2, 0.25) is 17.7 Å². The molecule has 2 aromatic rings. The number of carbonyl (C=O) groups excluding carboxylic acids is 3. The Balaban J connectivity index is 1.65. The highest BCUT2D eigenvalue weighted by Crippen LogP contribution is 2.29. The monoisotopic (exact) mass is 413 g/mol. The van der Waals surface area contributed by atoms with E-state index in [1.807, 2.05) is 38.1 Å². The molecule has 0 fully saturated rings. The first-order valence-corrected chi connectivity index (χ1v) is 9.96. The highest BCUT2D eigenvalue weighted by molar-refractivity contribution is 6.30. The zero-order valence-corrected chi connectivity index (χ0v) is 17.3. The average molecular weight is 414 g/mol. The zero-order valence-electron chi connectivity index (χ0n) is 16.5. The highest BCUT2D eigenvalue weighted by Gasteiger charge is 2.27. The predicted molar refractivity (Wildman–Crippen MR) is 114 cm³/mol. The van der Waals surface area contributed by atoms with Gasteiger partial charge in [0.05, 0.1) is 11.4 Å². The lowest BCUT2D eigenvalue weighted by Crippen LogP contribution is -2.43. The summed E-state index contributed by atoms with van der Waals surface area (Å²) in [6, 6.07) is 14.5. The third-order valence-corrected chi connectivity index (χ3v) is 5.05. The van der Waals surface area contributed by atoms with Crippen LogP contribution in [-0.4, -0.2) is 35.2 Å². The Morgan fingerprint density at radius 3 is 2.62 bits per heavy atom. The maximum atomic E-state index is 12.8. The van der Waals surface area contributed by atoms with Crippen molar-refractivity contribution in [2.24, 2.45) is 0 Å². The molecule has 1 N–H and O–H groups in total. The average Bonchev–Trinajstić information content (AvgIpc) is 2.69. The highest BCUT2D eigenvalue weighted by atomic mass is 35.5. The third-order valence-electron chi connectivity index (χ3n) is 4.81. The second-order valence-electron chi connectivity index (χ2n) is 7.29. The molecule has 0 radical (unpaired) electrons. The van der Waals surface area contributed by atoms with Crippen molar-refractivity contribution in [3.8, 4) is 0 Å². The second kappa shape index (κ2) is 9.09. The molecule has 3 amide bonds. The van der Waals surface area contributed by atoms with E-state index < -0.39 is 0 Å². The molecule has 0 atom stereocenters. The molecule has 1 heterocycles. The molecule has 0 spiro atoms. The van der Waals surface area contributed by atoms with Crippen LogP contribution in [0, 0.1) is 0 Å². The van der Waals surface area contributed by atoms with E-state index in [2.05, 4.69) is 5.32 Å². The normalized spacial score (nSPS) is 13.1. The van der Waals surface area contributed by atoms with Gasteiger partial charge in [-0.15, -0.1) is 0 Å². The zero-order chi connectivity index (χ0) is 21.0. The molecule has 0 bridgehead atoms. The Hall–Kier alpha value is -2.86. The van der Waals surface area contributed by atoms with Crippen molar-refractivity contribution in [2.75, 3.05) is 16.8 Å². The largest absolute Gasteiger partial charge is 0.336 e. The van der Waals surface area contributed by atoms with Crippen molar-refractivity contribution in [1.29, 1.82) is 0 Å². The SMILES string of the molecule is CC(C)N(Cc1cccc(Cl)c1)C(=O)CCC(=O)N1CC(=O)Nc2ccccc21. The minimum Gasteiger partial charge on any atom is -0.336 e. The Bertz CT molecular complexity index is 929. The summed E-state index contributed by atoms with van der Waals surface area (Å²) in [4.78, 5) is 40.7. The van der Waals surface area contributed by atoms with Crippen molar-refractivity contribution in [3.05, 3.63) is 59.1 Å². The van der Waals surface area contributed by atoms with Crippen LogP contribution in [0.15, 0.2) is 48.5 Å². The Kier molecular flexibility index (Phi) is 6.54. The van der Waals surface area contributed by atoms with Crippen LogP contribution in [0.3, 0.4) is 0 Å². The van der Waals surface area contributed by atoms with Gasteiger partial charge in [-0.25, -0.2) is 0 Å². The maximum Gasteiger partial charge on any atom is 0.244 e. The number of halogens is 1. The van der Waals surface area contributed by atoms with Crippen LogP contribution in [0.1, 0.15) is 32.3 Å². The summed E-state index contributed by atoms with van der Waals surface area (Å²) in [5, 5.41) is 3.38. The van der Waals surface area contributed by atoms with Gasteiger partial charge in [-0.05, 0) is 43.7 Å². The summed E-state index contributed by atoms with van der Waals surface area (Å²) in [6.45, 7) is 4.27. The van der Waals surface area contributed by atoms with Gasteiger partial charge < -0.3 is 15.1 Å². The number of para-hydroxylation sites is 2. The lowest BCUT2D eigenvalue weighted by atomic mass is 10.1. The predicted octanol–water partition coefficient (Wildman–Crippen LogP) is 3.84.